The van der Waals surface area contributed by atoms with Crippen LogP contribution in [0.25, 0.3) is 21.5 Å². The van der Waals surface area contributed by atoms with Crippen molar-refractivity contribution >= 4 is 90.7 Å². The van der Waals surface area contributed by atoms with E-state index in [1.165, 1.54) is 60.7 Å². The fourth-order valence-electron chi connectivity index (χ4n) is 7.45. The molecular weight excluding hydrogens is 1040 g/mol. The van der Waals surface area contributed by atoms with Crippen LogP contribution in [-0.4, -0.2) is 109 Å². The second-order valence-electron chi connectivity index (χ2n) is 15.4. The first-order chi connectivity index (χ1) is 35.3. The first-order valence-electron chi connectivity index (χ1n) is 22.1. The van der Waals surface area contributed by atoms with Crippen molar-refractivity contribution in [3.8, 4) is 11.5 Å². The van der Waals surface area contributed by atoms with Gasteiger partial charge < -0.3 is 19.9 Å². The molecule has 0 bridgehead atoms. The summed E-state index contributed by atoms with van der Waals surface area (Å²) in [7, 11) is -13.3. The van der Waals surface area contributed by atoms with Crippen LogP contribution in [0.15, 0.2) is 137 Å². The molecule has 1 aromatic heterocycles. The predicted octanol–water partition coefficient (Wildman–Crippen LogP) is 7.73. The third kappa shape index (κ3) is 12.3. The van der Waals surface area contributed by atoms with Gasteiger partial charge >= 0.3 is 0 Å². The molecule has 0 unspecified atom stereocenters. The highest BCUT2D eigenvalue weighted by atomic mass is 32.2. The number of aromatic nitrogens is 3. The van der Waals surface area contributed by atoms with Crippen molar-refractivity contribution in [3.05, 3.63) is 120 Å². The Hall–Kier alpha value is -6.95. The Bertz CT molecular complexity index is 3550. The Labute approximate surface area is 426 Å². The van der Waals surface area contributed by atoms with Gasteiger partial charge in [-0.3, -0.25) is 16.7 Å². The number of hydrogen-bond acceptors (Lipinski definition) is 23. The van der Waals surface area contributed by atoms with Crippen molar-refractivity contribution in [2.75, 3.05) is 60.1 Å². The van der Waals surface area contributed by atoms with Crippen LogP contribution in [0, 0.1) is 0 Å². The second kappa shape index (κ2) is 23.1. The van der Waals surface area contributed by atoms with Gasteiger partial charge in [0.2, 0.25) is 5.95 Å². The van der Waals surface area contributed by atoms with Gasteiger partial charge in [-0.05, 0) is 85.6 Å². The molecule has 0 atom stereocenters. The molecule has 0 saturated carbocycles. The SMILES string of the molecule is CCOc1cc(Cc2nc(Cc3ccc(N=Nc4cc(S(=O)(=O)OC)c5cccc(S(=O)(=O)OC)c5c4)c(OCC)c3)nc(NCCO)n2)ccc1N=Nc1cc(S(=O)(=O)OC)c2cccc(S(=O)(=O)OC)c2c1. The van der Waals surface area contributed by atoms with Gasteiger partial charge in [0, 0.05) is 40.9 Å². The lowest BCUT2D eigenvalue weighted by Crippen LogP contribution is -2.13. The molecule has 1 heterocycles. The molecule has 2 N–H and O–H groups in total. The number of hydrogen-bond donors (Lipinski definition) is 2. The maximum absolute atomic E-state index is 13.0. The lowest BCUT2D eigenvalue weighted by molar-refractivity contribution is 0.310. The maximum Gasteiger partial charge on any atom is 0.297 e. The van der Waals surface area contributed by atoms with Crippen molar-refractivity contribution in [1.29, 1.82) is 0 Å². The molecule has 0 fully saturated rings. The first-order valence-corrected chi connectivity index (χ1v) is 27.7. The van der Waals surface area contributed by atoms with Crippen molar-refractivity contribution < 1.29 is 65.0 Å². The van der Waals surface area contributed by atoms with Crippen LogP contribution in [-0.2, 0) is 70.0 Å². The van der Waals surface area contributed by atoms with E-state index < -0.39 is 40.5 Å². The van der Waals surface area contributed by atoms with Gasteiger partial charge in [0.05, 0.1) is 59.6 Å². The number of nitrogens with one attached hydrogen (secondary N) is 1. The molecule has 0 spiro atoms. The smallest absolute Gasteiger partial charge is 0.297 e. The zero-order chi connectivity index (χ0) is 53.4. The highest BCUT2D eigenvalue weighted by molar-refractivity contribution is 7.88. The zero-order valence-corrected chi connectivity index (χ0v) is 43.7. The third-order valence-electron chi connectivity index (χ3n) is 10.8. The Balaban J connectivity index is 1.19. The van der Waals surface area contributed by atoms with Gasteiger partial charge in [-0.2, -0.15) is 53.9 Å². The Kier molecular flexibility index (Phi) is 17.1. The summed E-state index contributed by atoms with van der Waals surface area (Å²) < 4.78 is 134. The molecule has 23 nitrogen and oxygen atoms in total. The van der Waals surface area contributed by atoms with Crippen molar-refractivity contribution in [2.24, 2.45) is 20.5 Å². The molecule has 27 heteroatoms. The van der Waals surface area contributed by atoms with Crippen LogP contribution >= 0.6 is 0 Å². The van der Waals surface area contributed by atoms with E-state index in [9.17, 15) is 38.8 Å². The highest BCUT2D eigenvalue weighted by Gasteiger charge is 2.26. The van der Waals surface area contributed by atoms with Gasteiger partial charge in [-0.25, -0.2) is 4.98 Å². The fraction of sp³-hybridized carbons (Fsp3) is 0.255. The number of aliphatic hydroxyl groups is 1. The van der Waals surface area contributed by atoms with E-state index in [1.807, 2.05) is 0 Å². The van der Waals surface area contributed by atoms with E-state index in [-0.39, 0.29) is 109 Å². The normalized spacial score (nSPS) is 12.6. The second-order valence-corrected chi connectivity index (χ2v) is 22.2. The summed E-state index contributed by atoms with van der Waals surface area (Å²) in [5.74, 6) is 1.50. The number of anilines is 1. The van der Waals surface area contributed by atoms with E-state index in [2.05, 4.69) is 35.7 Å². The largest absolute Gasteiger partial charge is 0.492 e. The Morgan fingerprint density at radius 1 is 0.486 bits per heavy atom. The fourth-order valence-corrected chi connectivity index (χ4v) is 11.0. The number of ether oxygens (including phenoxy) is 2. The molecule has 390 valence electrons. The van der Waals surface area contributed by atoms with Crippen molar-refractivity contribution in [3.63, 3.8) is 0 Å². The van der Waals surface area contributed by atoms with Crippen LogP contribution < -0.4 is 14.8 Å². The van der Waals surface area contributed by atoms with Crippen LogP contribution in [0.3, 0.4) is 0 Å². The molecule has 7 aromatic rings. The number of aliphatic hydroxyl groups excluding tert-OH is 1. The first kappa shape index (κ1) is 54.8. The zero-order valence-electron chi connectivity index (χ0n) is 40.4. The Morgan fingerprint density at radius 3 is 1.27 bits per heavy atom. The third-order valence-corrected chi connectivity index (χ3v) is 16.1. The number of rotatable bonds is 23. The molecular formula is C47H48N8O15S4. The van der Waals surface area contributed by atoms with E-state index in [4.69, 9.17) is 31.2 Å². The summed E-state index contributed by atoms with van der Waals surface area (Å²) in [5, 5.41) is 30.0. The van der Waals surface area contributed by atoms with Gasteiger partial charge in [0.15, 0.2) is 0 Å². The van der Waals surface area contributed by atoms with Gasteiger partial charge in [-0.15, -0.1) is 10.2 Å². The number of benzene rings is 6. The minimum absolute atomic E-state index is 0.0120. The van der Waals surface area contributed by atoms with Gasteiger partial charge in [-0.1, -0.05) is 36.4 Å². The monoisotopic (exact) mass is 1090 g/mol. The molecule has 0 aliphatic rings. The summed E-state index contributed by atoms with van der Waals surface area (Å²) in [5.41, 5.74) is 1.87. The molecule has 0 radical (unpaired) electrons. The highest BCUT2D eigenvalue weighted by Crippen LogP contribution is 2.39. The minimum Gasteiger partial charge on any atom is -0.492 e. The Morgan fingerprint density at radius 2 is 0.892 bits per heavy atom. The summed E-state index contributed by atoms with van der Waals surface area (Å²) in [6.07, 6.45) is 0.343. The quantitative estimate of drug-likeness (QED) is 0.0457. The number of fused-ring (bicyclic) bond motifs is 2. The average molecular weight is 1090 g/mol. The standard InChI is InChI=1S/C47H48N8O15S4/c1-7-69-39-21-29(15-17-37(39)54-52-31-25-35-33(43(27-31)73(61,62)67-5)11-9-13-41(35)71(57,58)65-3)23-45-49-46(51-47(50-45)48-19-20-56)24-30-16-18-38(40(22-30)70-8-2)55-53-32-26-36-34(44(28-32)74(63,64)68-6)12-10-14-42(36)72(59,60)66-4/h9-18,21-22,25-28,56H,7-8,19-20,23-24H2,1-6H3,(H,48,49,50,51). The molecule has 6 aromatic carbocycles. The van der Waals surface area contributed by atoms with Gasteiger partial charge in [0.1, 0.15) is 54.1 Å². The average Bonchev–Trinajstić information content (AvgIpc) is 3.39. The molecule has 0 aliphatic carbocycles. The number of nitrogens with zero attached hydrogens (tertiary/aromatic N) is 7. The summed E-state index contributed by atoms with van der Waals surface area (Å²) in [6, 6.07) is 23.5. The van der Waals surface area contributed by atoms with E-state index in [1.54, 1.807) is 50.2 Å². The van der Waals surface area contributed by atoms with Crippen molar-refractivity contribution in [1.82, 2.24) is 15.0 Å². The van der Waals surface area contributed by atoms with Crippen LogP contribution in [0.2, 0.25) is 0 Å². The topological polar surface area (TPSA) is 312 Å². The lowest BCUT2D eigenvalue weighted by atomic mass is 10.1. The van der Waals surface area contributed by atoms with Gasteiger partial charge in [0.25, 0.3) is 40.5 Å². The minimum atomic E-state index is -4.36. The van der Waals surface area contributed by atoms with Crippen LogP contribution in [0.1, 0.15) is 36.6 Å². The lowest BCUT2D eigenvalue weighted by Gasteiger charge is -2.12. The molecule has 7 rings (SSSR count). The predicted molar refractivity (Wildman–Crippen MR) is 269 cm³/mol. The molecule has 74 heavy (non-hydrogen) atoms. The summed E-state index contributed by atoms with van der Waals surface area (Å²) in [6.45, 7) is 3.95. The van der Waals surface area contributed by atoms with E-state index in [0.29, 0.717) is 34.3 Å². The summed E-state index contributed by atoms with van der Waals surface area (Å²) >= 11 is 0. The van der Waals surface area contributed by atoms with E-state index >= 15 is 0 Å². The van der Waals surface area contributed by atoms with Crippen LogP contribution in [0.5, 0.6) is 11.5 Å². The number of azo groups is 2. The van der Waals surface area contributed by atoms with E-state index in [0.717, 1.165) is 28.4 Å². The molecule has 0 aliphatic heterocycles. The molecule has 0 saturated heterocycles. The maximum atomic E-state index is 13.0. The van der Waals surface area contributed by atoms with Crippen LogP contribution in [0.4, 0.5) is 28.7 Å². The molecule has 0 amide bonds. The van der Waals surface area contributed by atoms with Crippen molar-refractivity contribution in [2.45, 2.75) is 46.3 Å². The summed E-state index contributed by atoms with van der Waals surface area (Å²) in [4.78, 5) is 12.7.